The van der Waals surface area contributed by atoms with E-state index in [4.69, 9.17) is 27.9 Å². The Bertz CT molecular complexity index is 985. The summed E-state index contributed by atoms with van der Waals surface area (Å²) < 4.78 is 6.10. The number of para-hydroxylation sites is 1. The summed E-state index contributed by atoms with van der Waals surface area (Å²) in [6, 6.07) is 13.8. The zero-order valence-electron chi connectivity index (χ0n) is 18.1. The van der Waals surface area contributed by atoms with Crippen molar-refractivity contribution in [2.75, 3.05) is 18.0 Å². The predicted octanol–water partition coefficient (Wildman–Crippen LogP) is 4.66. The van der Waals surface area contributed by atoms with E-state index in [-0.39, 0.29) is 29.1 Å². The van der Waals surface area contributed by atoms with Crippen molar-refractivity contribution in [1.82, 2.24) is 10.2 Å². The van der Waals surface area contributed by atoms with Gasteiger partial charge in [-0.05, 0) is 37.1 Å². The zero-order valence-corrected chi connectivity index (χ0v) is 19.6. The van der Waals surface area contributed by atoms with Gasteiger partial charge in [0.15, 0.2) is 6.23 Å². The number of halogens is 2. The minimum atomic E-state index is -1.35. The maximum atomic E-state index is 12.9. The third-order valence-electron chi connectivity index (χ3n) is 6.18. The number of amides is 3. The lowest BCUT2D eigenvalue weighted by atomic mass is 9.89. The van der Waals surface area contributed by atoms with Gasteiger partial charge < -0.3 is 14.7 Å². The maximum Gasteiger partial charge on any atom is 0.326 e. The summed E-state index contributed by atoms with van der Waals surface area (Å²) >= 11 is 12.4. The summed E-state index contributed by atoms with van der Waals surface area (Å²) in [4.78, 5) is 28.6. The van der Waals surface area contributed by atoms with Gasteiger partial charge in [-0.15, -0.1) is 0 Å². The van der Waals surface area contributed by atoms with Gasteiger partial charge in [0.25, 0.3) is 0 Å². The number of nitrogens with zero attached hydrogens (tertiary/aromatic N) is 2. The number of carbonyl (C=O) groups excluding carboxylic acids is 2. The lowest BCUT2D eigenvalue weighted by molar-refractivity contribution is -0.125. The second-order valence-corrected chi connectivity index (χ2v) is 9.11. The molecule has 0 aromatic heterocycles. The SMILES string of the molecule is O=C(NC(=O)N1CCN(c2ccccc2)C(Oc2cccc(Cl)c2Cl)C1O)C1CCCCC1. The van der Waals surface area contributed by atoms with Gasteiger partial charge in [0.1, 0.15) is 10.8 Å². The summed E-state index contributed by atoms with van der Waals surface area (Å²) in [6.07, 6.45) is 2.33. The average molecular weight is 492 g/mol. The number of nitrogens with one attached hydrogen (secondary N) is 1. The van der Waals surface area contributed by atoms with Crippen LogP contribution in [0, 0.1) is 5.92 Å². The first-order chi connectivity index (χ1) is 16.0. The predicted molar refractivity (Wildman–Crippen MR) is 127 cm³/mol. The van der Waals surface area contributed by atoms with Crippen molar-refractivity contribution in [3.05, 3.63) is 58.6 Å². The van der Waals surface area contributed by atoms with Gasteiger partial charge in [-0.1, -0.05) is 66.7 Å². The number of benzene rings is 2. The van der Waals surface area contributed by atoms with E-state index in [1.807, 2.05) is 35.2 Å². The van der Waals surface area contributed by atoms with E-state index in [2.05, 4.69) is 5.32 Å². The Morgan fingerprint density at radius 3 is 2.42 bits per heavy atom. The third-order valence-corrected chi connectivity index (χ3v) is 6.98. The minimum Gasteiger partial charge on any atom is -0.464 e. The molecule has 4 rings (SSSR count). The van der Waals surface area contributed by atoms with Gasteiger partial charge in [0.2, 0.25) is 12.1 Å². The second-order valence-electron chi connectivity index (χ2n) is 8.33. The van der Waals surface area contributed by atoms with E-state index < -0.39 is 18.5 Å². The monoisotopic (exact) mass is 491 g/mol. The van der Waals surface area contributed by atoms with Crippen molar-refractivity contribution in [3.63, 3.8) is 0 Å². The number of aliphatic hydroxyl groups is 1. The standard InChI is InChI=1S/C24H27Cl2N3O4/c25-18-12-7-13-19(20(18)26)33-23-22(31)29(15-14-28(23)17-10-5-2-6-11-17)24(32)27-21(30)16-8-3-1-4-9-16/h2,5-7,10-13,16,22-23,31H,1,3-4,8-9,14-15H2,(H,27,30,32). The number of aliphatic hydroxyl groups excluding tert-OH is 1. The number of hydrogen-bond donors (Lipinski definition) is 2. The van der Waals surface area contributed by atoms with Crippen molar-refractivity contribution < 1.29 is 19.4 Å². The molecule has 1 saturated heterocycles. The maximum absolute atomic E-state index is 12.9. The first kappa shape index (κ1) is 23.7. The first-order valence-corrected chi connectivity index (χ1v) is 11.9. The van der Waals surface area contributed by atoms with Crippen molar-refractivity contribution in [2.45, 2.75) is 44.6 Å². The van der Waals surface area contributed by atoms with E-state index in [1.54, 1.807) is 18.2 Å². The highest BCUT2D eigenvalue weighted by Crippen LogP contribution is 2.34. The van der Waals surface area contributed by atoms with Crippen LogP contribution in [0.25, 0.3) is 0 Å². The molecule has 2 aliphatic rings. The van der Waals surface area contributed by atoms with Crippen LogP contribution >= 0.6 is 23.2 Å². The number of carbonyl (C=O) groups is 2. The molecule has 1 saturated carbocycles. The van der Waals surface area contributed by atoms with Crippen molar-refractivity contribution >= 4 is 40.8 Å². The number of ether oxygens (including phenoxy) is 1. The molecule has 0 spiro atoms. The number of anilines is 1. The van der Waals surface area contributed by atoms with Crippen LogP contribution in [0.15, 0.2) is 48.5 Å². The van der Waals surface area contributed by atoms with E-state index >= 15 is 0 Å². The molecule has 9 heteroatoms. The van der Waals surface area contributed by atoms with Crippen molar-refractivity contribution in [1.29, 1.82) is 0 Å². The van der Waals surface area contributed by atoms with Gasteiger partial charge >= 0.3 is 6.03 Å². The van der Waals surface area contributed by atoms with Crippen molar-refractivity contribution in [2.24, 2.45) is 5.92 Å². The third kappa shape index (κ3) is 5.37. The topological polar surface area (TPSA) is 82.1 Å². The first-order valence-electron chi connectivity index (χ1n) is 11.2. The highest BCUT2D eigenvalue weighted by molar-refractivity contribution is 6.42. The normalized spacial score (nSPS) is 21.5. The molecule has 2 fully saturated rings. The minimum absolute atomic E-state index is 0.164. The zero-order chi connectivity index (χ0) is 23.4. The molecule has 2 unspecified atom stereocenters. The quantitative estimate of drug-likeness (QED) is 0.649. The highest BCUT2D eigenvalue weighted by Gasteiger charge is 2.41. The summed E-state index contributed by atoms with van der Waals surface area (Å²) in [6.45, 7) is 0.595. The van der Waals surface area contributed by atoms with Gasteiger partial charge in [-0.25, -0.2) is 4.79 Å². The summed E-state index contributed by atoms with van der Waals surface area (Å²) in [7, 11) is 0. The summed E-state index contributed by atoms with van der Waals surface area (Å²) in [5.41, 5.74) is 0.818. The molecule has 3 amide bonds. The molecule has 0 radical (unpaired) electrons. The fourth-order valence-corrected chi connectivity index (χ4v) is 4.72. The Kier molecular flexibility index (Phi) is 7.63. The molecule has 2 aromatic rings. The molecule has 0 bridgehead atoms. The van der Waals surface area contributed by atoms with E-state index in [9.17, 15) is 14.7 Å². The molecule has 7 nitrogen and oxygen atoms in total. The van der Waals surface area contributed by atoms with E-state index in [0.717, 1.165) is 37.8 Å². The number of rotatable bonds is 4. The van der Waals surface area contributed by atoms with E-state index in [1.165, 1.54) is 4.90 Å². The molecule has 2 N–H and O–H groups in total. The lowest BCUT2D eigenvalue weighted by Crippen LogP contribution is -2.65. The number of piperazine rings is 1. The Morgan fingerprint density at radius 2 is 1.70 bits per heavy atom. The van der Waals surface area contributed by atoms with Crippen LogP contribution in [-0.4, -0.2) is 47.5 Å². The Morgan fingerprint density at radius 1 is 0.970 bits per heavy atom. The lowest BCUT2D eigenvalue weighted by Gasteiger charge is -2.45. The number of imide groups is 1. The second kappa shape index (κ2) is 10.6. The Labute approximate surface area is 203 Å². The van der Waals surface area contributed by atoms with Crippen LogP contribution in [0.4, 0.5) is 10.5 Å². The Balaban J connectivity index is 1.54. The molecule has 1 heterocycles. The van der Waals surface area contributed by atoms with Gasteiger partial charge in [0, 0.05) is 24.7 Å². The van der Waals surface area contributed by atoms with Gasteiger partial charge in [-0.3, -0.25) is 15.0 Å². The molecule has 176 valence electrons. The average Bonchev–Trinajstić information content (AvgIpc) is 2.84. The van der Waals surface area contributed by atoms with E-state index in [0.29, 0.717) is 11.6 Å². The summed E-state index contributed by atoms with van der Waals surface area (Å²) in [5.74, 6) is -0.162. The molecule has 2 aromatic carbocycles. The number of urea groups is 1. The fourth-order valence-electron chi connectivity index (χ4n) is 4.38. The smallest absolute Gasteiger partial charge is 0.326 e. The summed E-state index contributed by atoms with van der Waals surface area (Å²) in [5, 5.41) is 14.2. The van der Waals surface area contributed by atoms with Gasteiger partial charge in [0.05, 0.1) is 5.02 Å². The van der Waals surface area contributed by atoms with Crippen molar-refractivity contribution in [3.8, 4) is 5.75 Å². The van der Waals surface area contributed by atoms with Gasteiger partial charge in [-0.2, -0.15) is 0 Å². The molecule has 2 atom stereocenters. The highest BCUT2D eigenvalue weighted by atomic mass is 35.5. The van der Waals surface area contributed by atoms with Crippen LogP contribution < -0.4 is 15.0 Å². The molecule has 1 aliphatic carbocycles. The Hall–Kier alpha value is -2.48. The van der Waals surface area contributed by atoms with Crippen LogP contribution in [0.1, 0.15) is 32.1 Å². The van der Waals surface area contributed by atoms with Crippen LogP contribution in [-0.2, 0) is 4.79 Å². The number of hydrogen-bond acceptors (Lipinski definition) is 5. The molecular weight excluding hydrogens is 465 g/mol. The largest absolute Gasteiger partial charge is 0.464 e. The van der Waals surface area contributed by atoms with Crippen LogP contribution in [0.2, 0.25) is 10.0 Å². The van der Waals surface area contributed by atoms with Crippen LogP contribution in [0.5, 0.6) is 5.75 Å². The molecular formula is C24H27Cl2N3O4. The molecule has 33 heavy (non-hydrogen) atoms. The fraction of sp³-hybridized carbons (Fsp3) is 0.417. The van der Waals surface area contributed by atoms with Crippen LogP contribution in [0.3, 0.4) is 0 Å². The molecule has 1 aliphatic heterocycles.